The number of nitrogens with two attached hydrogens (primary N) is 1. The van der Waals surface area contributed by atoms with Crippen molar-refractivity contribution in [2.75, 3.05) is 6.54 Å². The van der Waals surface area contributed by atoms with E-state index in [0.717, 1.165) is 0 Å². The van der Waals surface area contributed by atoms with Gasteiger partial charge in [0.25, 0.3) is 0 Å². The highest BCUT2D eigenvalue weighted by atomic mass is 19.3. The standard InChI is InChI=1S/C14H18F3N/c1-10-3-2-4-11(12(10)15)13(9-18)5-7-14(16,17)8-6-13/h2-4H,5-9,18H2,1H3. The highest BCUT2D eigenvalue weighted by Crippen LogP contribution is 2.45. The SMILES string of the molecule is Cc1cccc(C2(CN)CCC(F)(F)CC2)c1F. The van der Waals surface area contributed by atoms with Crippen LogP contribution in [0.5, 0.6) is 0 Å². The van der Waals surface area contributed by atoms with Crippen LogP contribution in [0.1, 0.15) is 36.8 Å². The molecule has 2 rings (SSSR count). The van der Waals surface area contributed by atoms with Crippen LogP contribution in [0.3, 0.4) is 0 Å². The topological polar surface area (TPSA) is 26.0 Å². The van der Waals surface area contributed by atoms with Gasteiger partial charge in [-0.2, -0.15) is 0 Å². The van der Waals surface area contributed by atoms with Gasteiger partial charge >= 0.3 is 0 Å². The van der Waals surface area contributed by atoms with E-state index < -0.39 is 11.3 Å². The predicted molar refractivity (Wildman–Crippen MR) is 65.3 cm³/mol. The molecule has 0 amide bonds. The highest BCUT2D eigenvalue weighted by Gasteiger charge is 2.44. The lowest BCUT2D eigenvalue weighted by molar-refractivity contribution is -0.0513. The van der Waals surface area contributed by atoms with Gasteiger partial charge < -0.3 is 5.73 Å². The lowest BCUT2D eigenvalue weighted by Gasteiger charge is -2.40. The average Bonchev–Trinajstić information content (AvgIpc) is 2.34. The molecule has 0 radical (unpaired) electrons. The lowest BCUT2D eigenvalue weighted by atomic mass is 9.68. The van der Waals surface area contributed by atoms with Gasteiger partial charge in [-0.3, -0.25) is 0 Å². The number of hydrogen-bond acceptors (Lipinski definition) is 1. The molecule has 1 aromatic carbocycles. The van der Waals surface area contributed by atoms with Gasteiger partial charge in [-0.25, -0.2) is 13.2 Å². The molecular formula is C14H18F3N. The van der Waals surface area contributed by atoms with E-state index in [4.69, 9.17) is 5.73 Å². The molecule has 0 atom stereocenters. The van der Waals surface area contributed by atoms with Crippen molar-refractivity contribution >= 4 is 0 Å². The first-order chi connectivity index (χ1) is 8.40. The first-order valence-electron chi connectivity index (χ1n) is 6.24. The van der Waals surface area contributed by atoms with E-state index in [1.54, 1.807) is 25.1 Å². The molecule has 1 aromatic rings. The first-order valence-corrected chi connectivity index (χ1v) is 6.24. The second kappa shape index (κ2) is 4.57. The van der Waals surface area contributed by atoms with Gasteiger partial charge in [-0.15, -0.1) is 0 Å². The Kier molecular flexibility index (Phi) is 3.41. The summed E-state index contributed by atoms with van der Waals surface area (Å²) in [4.78, 5) is 0. The van der Waals surface area contributed by atoms with Gasteiger partial charge in [0.1, 0.15) is 5.82 Å². The summed E-state index contributed by atoms with van der Waals surface area (Å²) < 4.78 is 40.7. The minimum Gasteiger partial charge on any atom is -0.330 e. The molecule has 4 heteroatoms. The van der Waals surface area contributed by atoms with Crippen molar-refractivity contribution in [1.29, 1.82) is 0 Å². The first kappa shape index (κ1) is 13.4. The fourth-order valence-electron chi connectivity index (χ4n) is 2.73. The van der Waals surface area contributed by atoms with Crippen LogP contribution in [0.2, 0.25) is 0 Å². The molecule has 1 aliphatic carbocycles. The van der Waals surface area contributed by atoms with Crippen molar-refractivity contribution < 1.29 is 13.2 Å². The quantitative estimate of drug-likeness (QED) is 0.861. The fraction of sp³-hybridized carbons (Fsp3) is 0.571. The second-order valence-corrected chi connectivity index (χ2v) is 5.28. The molecule has 1 aliphatic rings. The Morgan fingerprint density at radius 2 is 1.78 bits per heavy atom. The maximum atomic E-state index is 14.2. The number of hydrogen-bond donors (Lipinski definition) is 1. The third-order valence-corrected chi connectivity index (χ3v) is 4.09. The second-order valence-electron chi connectivity index (χ2n) is 5.28. The molecule has 2 N–H and O–H groups in total. The molecule has 0 bridgehead atoms. The molecule has 100 valence electrons. The number of alkyl halides is 2. The Balaban J connectivity index is 2.37. The van der Waals surface area contributed by atoms with Gasteiger partial charge in [0.05, 0.1) is 0 Å². The maximum Gasteiger partial charge on any atom is 0.248 e. The molecule has 1 saturated carbocycles. The number of halogens is 3. The van der Waals surface area contributed by atoms with Crippen molar-refractivity contribution in [2.45, 2.75) is 43.9 Å². The molecule has 0 aliphatic heterocycles. The van der Waals surface area contributed by atoms with Gasteiger partial charge in [-0.05, 0) is 30.9 Å². The Hall–Kier alpha value is -1.03. The summed E-state index contributed by atoms with van der Waals surface area (Å²) in [5.74, 6) is -2.92. The molecule has 1 fully saturated rings. The molecule has 0 unspecified atom stereocenters. The summed E-state index contributed by atoms with van der Waals surface area (Å²) in [5.41, 5.74) is 6.18. The van der Waals surface area contributed by atoms with E-state index in [0.29, 0.717) is 11.1 Å². The van der Waals surface area contributed by atoms with E-state index in [1.165, 1.54) is 0 Å². The maximum absolute atomic E-state index is 14.2. The fourth-order valence-corrected chi connectivity index (χ4v) is 2.73. The zero-order valence-corrected chi connectivity index (χ0v) is 10.5. The lowest BCUT2D eigenvalue weighted by Crippen LogP contribution is -2.42. The Bertz CT molecular complexity index is 433. The van der Waals surface area contributed by atoms with Crippen molar-refractivity contribution in [2.24, 2.45) is 5.73 Å². The van der Waals surface area contributed by atoms with E-state index >= 15 is 0 Å². The minimum absolute atomic E-state index is 0.211. The minimum atomic E-state index is -2.63. The van der Waals surface area contributed by atoms with Gasteiger partial charge in [0.2, 0.25) is 5.92 Å². The van der Waals surface area contributed by atoms with Crippen molar-refractivity contribution in [3.8, 4) is 0 Å². The average molecular weight is 257 g/mol. The van der Waals surface area contributed by atoms with Crippen LogP contribution >= 0.6 is 0 Å². The van der Waals surface area contributed by atoms with Crippen LogP contribution in [0.4, 0.5) is 13.2 Å². The summed E-state index contributed by atoms with van der Waals surface area (Å²) in [5, 5.41) is 0. The Morgan fingerprint density at radius 3 is 2.33 bits per heavy atom. The van der Waals surface area contributed by atoms with E-state index in [2.05, 4.69) is 0 Å². The van der Waals surface area contributed by atoms with Crippen LogP contribution in [0.25, 0.3) is 0 Å². The third kappa shape index (κ3) is 2.26. The molecular weight excluding hydrogens is 239 g/mol. The molecule has 0 saturated heterocycles. The van der Waals surface area contributed by atoms with Gasteiger partial charge in [-0.1, -0.05) is 18.2 Å². The van der Waals surface area contributed by atoms with E-state index in [9.17, 15) is 13.2 Å². The van der Waals surface area contributed by atoms with Gasteiger partial charge in [0.15, 0.2) is 0 Å². The zero-order valence-electron chi connectivity index (χ0n) is 10.5. The molecule has 18 heavy (non-hydrogen) atoms. The third-order valence-electron chi connectivity index (χ3n) is 4.09. The van der Waals surface area contributed by atoms with Gasteiger partial charge in [0, 0.05) is 24.8 Å². The molecule has 0 spiro atoms. The summed E-state index contributed by atoms with van der Waals surface area (Å²) >= 11 is 0. The van der Waals surface area contributed by atoms with E-state index in [1.807, 2.05) is 0 Å². The summed E-state index contributed by atoms with van der Waals surface area (Å²) in [6.07, 6.45) is 0.0723. The van der Waals surface area contributed by atoms with Crippen LogP contribution in [0, 0.1) is 12.7 Å². The summed E-state index contributed by atoms with van der Waals surface area (Å²) in [6, 6.07) is 5.12. The monoisotopic (exact) mass is 257 g/mol. The van der Waals surface area contributed by atoms with E-state index in [-0.39, 0.29) is 38.0 Å². The van der Waals surface area contributed by atoms with Crippen molar-refractivity contribution in [1.82, 2.24) is 0 Å². The number of benzene rings is 1. The van der Waals surface area contributed by atoms with Crippen LogP contribution in [0.15, 0.2) is 18.2 Å². The van der Waals surface area contributed by atoms with Crippen molar-refractivity contribution in [3.63, 3.8) is 0 Å². The zero-order chi connectivity index (χ0) is 13.4. The molecule has 0 aromatic heterocycles. The summed E-state index contributed by atoms with van der Waals surface area (Å²) in [6.45, 7) is 1.89. The highest BCUT2D eigenvalue weighted by molar-refractivity contribution is 5.33. The number of aryl methyl sites for hydroxylation is 1. The Morgan fingerprint density at radius 1 is 1.17 bits per heavy atom. The van der Waals surface area contributed by atoms with Crippen LogP contribution in [-0.2, 0) is 5.41 Å². The molecule has 0 heterocycles. The smallest absolute Gasteiger partial charge is 0.248 e. The van der Waals surface area contributed by atoms with Crippen LogP contribution < -0.4 is 5.73 Å². The molecule has 1 nitrogen and oxygen atoms in total. The summed E-state index contributed by atoms with van der Waals surface area (Å²) in [7, 11) is 0. The van der Waals surface area contributed by atoms with Crippen LogP contribution in [-0.4, -0.2) is 12.5 Å². The van der Waals surface area contributed by atoms with Crippen molar-refractivity contribution in [3.05, 3.63) is 35.1 Å². The normalized spacial score (nSPS) is 21.8. The Labute approximate surface area is 105 Å². The largest absolute Gasteiger partial charge is 0.330 e. The number of rotatable bonds is 2. The predicted octanol–water partition coefficient (Wildman–Crippen LogP) is 3.54.